The molecule has 0 radical (unpaired) electrons. The van der Waals surface area contributed by atoms with E-state index in [1.54, 1.807) is 0 Å². The summed E-state index contributed by atoms with van der Waals surface area (Å²) in [7, 11) is 0. The van der Waals surface area contributed by atoms with Gasteiger partial charge < -0.3 is 4.90 Å². The zero-order valence-corrected chi connectivity index (χ0v) is 14.5. The van der Waals surface area contributed by atoms with E-state index in [2.05, 4.69) is 39.6 Å². The van der Waals surface area contributed by atoms with Gasteiger partial charge in [0, 0.05) is 63.5 Å². The highest BCUT2D eigenvalue weighted by atomic mass is 15.4. The van der Waals surface area contributed by atoms with Crippen LogP contribution in [-0.4, -0.2) is 71.1 Å². The van der Waals surface area contributed by atoms with Crippen molar-refractivity contribution in [2.24, 2.45) is 0 Å². The molecule has 4 rings (SSSR count). The number of rotatable bonds is 4. The number of piperazine rings is 1. The largest absolute Gasteiger partial charge is 0.353 e. The fourth-order valence-corrected chi connectivity index (χ4v) is 3.90. The SMILES string of the molecule is CC(C)N1CCN(C2CN(c3ccnc(C4CCC4)n3)C2)CC1. The molecule has 3 fully saturated rings. The van der Waals surface area contributed by atoms with Crippen molar-refractivity contribution >= 4 is 5.82 Å². The van der Waals surface area contributed by atoms with Crippen LogP contribution in [0.3, 0.4) is 0 Å². The molecule has 0 atom stereocenters. The van der Waals surface area contributed by atoms with E-state index < -0.39 is 0 Å². The first-order valence-electron chi connectivity index (χ1n) is 9.26. The third kappa shape index (κ3) is 3.09. The van der Waals surface area contributed by atoms with Crippen molar-refractivity contribution in [3.63, 3.8) is 0 Å². The zero-order chi connectivity index (χ0) is 15.8. The number of hydrogen-bond donors (Lipinski definition) is 0. The molecule has 3 heterocycles. The second-order valence-corrected chi connectivity index (χ2v) is 7.63. The smallest absolute Gasteiger partial charge is 0.133 e. The molecular weight excluding hydrogens is 286 g/mol. The van der Waals surface area contributed by atoms with E-state index in [1.165, 1.54) is 45.4 Å². The van der Waals surface area contributed by atoms with Crippen molar-refractivity contribution in [2.75, 3.05) is 44.2 Å². The highest BCUT2D eigenvalue weighted by Crippen LogP contribution is 2.35. The van der Waals surface area contributed by atoms with E-state index in [4.69, 9.17) is 4.98 Å². The van der Waals surface area contributed by atoms with Crippen LogP contribution in [-0.2, 0) is 0 Å². The predicted molar refractivity (Wildman–Crippen MR) is 92.9 cm³/mol. The van der Waals surface area contributed by atoms with Gasteiger partial charge >= 0.3 is 0 Å². The molecule has 23 heavy (non-hydrogen) atoms. The molecular formula is C18H29N5. The molecule has 1 aromatic rings. The summed E-state index contributed by atoms with van der Waals surface area (Å²) in [6.45, 7) is 11.7. The van der Waals surface area contributed by atoms with Gasteiger partial charge in [-0.25, -0.2) is 9.97 Å². The van der Waals surface area contributed by atoms with Gasteiger partial charge in [0.2, 0.25) is 0 Å². The van der Waals surface area contributed by atoms with E-state index in [-0.39, 0.29) is 0 Å². The lowest BCUT2D eigenvalue weighted by Crippen LogP contribution is -2.63. The molecule has 2 aliphatic heterocycles. The maximum absolute atomic E-state index is 4.82. The quantitative estimate of drug-likeness (QED) is 0.849. The number of anilines is 1. The molecule has 0 N–H and O–H groups in total. The molecule has 126 valence electrons. The molecule has 0 unspecified atom stereocenters. The van der Waals surface area contributed by atoms with Gasteiger partial charge in [-0.15, -0.1) is 0 Å². The van der Waals surface area contributed by atoms with Gasteiger partial charge in [0.05, 0.1) is 0 Å². The third-order valence-electron chi connectivity index (χ3n) is 5.91. The maximum atomic E-state index is 4.82. The van der Waals surface area contributed by atoms with Gasteiger partial charge in [0.1, 0.15) is 11.6 Å². The zero-order valence-electron chi connectivity index (χ0n) is 14.5. The van der Waals surface area contributed by atoms with Crippen molar-refractivity contribution < 1.29 is 0 Å². The molecule has 2 saturated heterocycles. The third-order valence-corrected chi connectivity index (χ3v) is 5.91. The summed E-state index contributed by atoms with van der Waals surface area (Å²) in [5.41, 5.74) is 0. The lowest BCUT2D eigenvalue weighted by Gasteiger charge is -2.49. The summed E-state index contributed by atoms with van der Waals surface area (Å²) in [5, 5.41) is 0. The summed E-state index contributed by atoms with van der Waals surface area (Å²) in [4.78, 5) is 17.0. The van der Waals surface area contributed by atoms with Crippen LogP contribution in [0, 0.1) is 0 Å². The van der Waals surface area contributed by atoms with Crippen molar-refractivity contribution in [1.82, 2.24) is 19.8 Å². The molecule has 0 aromatic carbocycles. The lowest BCUT2D eigenvalue weighted by atomic mass is 9.85. The fourth-order valence-electron chi connectivity index (χ4n) is 3.90. The van der Waals surface area contributed by atoms with Crippen molar-refractivity contribution in [3.05, 3.63) is 18.1 Å². The number of nitrogens with zero attached hydrogens (tertiary/aromatic N) is 5. The van der Waals surface area contributed by atoms with Crippen LogP contribution in [0.4, 0.5) is 5.82 Å². The second kappa shape index (κ2) is 6.36. The van der Waals surface area contributed by atoms with Crippen molar-refractivity contribution in [1.29, 1.82) is 0 Å². The van der Waals surface area contributed by atoms with Crippen LogP contribution < -0.4 is 4.90 Å². The molecule has 1 aliphatic carbocycles. The van der Waals surface area contributed by atoms with E-state index in [1.807, 2.05) is 6.20 Å². The predicted octanol–water partition coefficient (Wildman–Crippen LogP) is 1.96. The minimum atomic E-state index is 0.621. The number of hydrogen-bond acceptors (Lipinski definition) is 5. The standard InChI is InChI=1S/C18H29N5/c1-14(2)21-8-10-22(11-9-21)16-12-23(13-16)17-6-7-19-18(20-17)15-4-3-5-15/h6-7,14-16H,3-5,8-13H2,1-2H3. The first kappa shape index (κ1) is 15.3. The van der Waals surface area contributed by atoms with Gasteiger partial charge in [0.25, 0.3) is 0 Å². The first-order valence-corrected chi connectivity index (χ1v) is 9.26. The Kier molecular flexibility index (Phi) is 4.24. The molecule has 0 bridgehead atoms. The highest BCUT2D eigenvalue weighted by Gasteiger charge is 2.35. The Morgan fingerprint density at radius 1 is 1.09 bits per heavy atom. The Hall–Kier alpha value is -1.20. The van der Waals surface area contributed by atoms with Gasteiger partial charge in [-0.1, -0.05) is 6.42 Å². The molecule has 1 saturated carbocycles. The van der Waals surface area contributed by atoms with Crippen LogP contribution in [0.25, 0.3) is 0 Å². The van der Waals surface area contributed by atoms with Gasteiger partial charge in [-0.2, -0.15) is 0 Å². The van der Waals surface area contributed by atoms with Crippen molar-refractivity contribution in [2.45, 2.75) is 51.1 Å². The maximum Gasteiger partial charge on any atom is 0.133 e. The van der Waals surface area contributed by atoms with Gasteiger partial charge in [-0.05, 0) is 32.8 Å². The van der Waals surface area contributed by atoms with E-state index in [0.29, 0.717) is 18.0 Å². The summed E-state index contributed by atoms with van der Waals surface area (Å²) >= 11 is 0. The van der Waals surface area contributed by atoms with Crippen LogP contribution >= 0.6 is 0 Å². The molecule has 5 heteroatoms. The van der Waals surface area contributed by atoms with E-state index in [9.17, 15) is 0 Å². The lowest BCUT2D eigenvalue weighted by molar-refractivity contribution is 0.0676. The molecule has 3 aliphatic rings. The van der Waals surface area contributed by atoms with Crippen LogP contribution in [0.2, 0.25) is 0 Å². The minimum Gasteiger partial charge on any atom is -0.353 e. The average molecular weight is 315 g/mol. The number of aromatic nitrogens is 2. The summed E-state index contributed by atoms with van der Waals surface area (Å²) in [6.07, 6.45) is 5.83. The van der Waals surface area contributed by atoms with Crippen LogP contribution in [0.15, 0.2) is 12.3 Å². The fraction of sp³-hybridized carbons (Fsp3) is 0.778. The normalized spacial score (nSPS) is 24.7. The molecule has 1 aromatic heterocycles. The van der Waals surface area contributed by atoms with Gasteiger partial charge in [0.15, 0.2) is 0 Å². The Morgan fingerprint density at radius 3 is 2.43 bits per heavy atom. The van der Waals surface area contributed by atoms with E-state index in [0.717, 1.165) is 24.7 Å². The average Bonchev–Trinajstić information content (AvgIpc) is 2.45. The minimum absolute atomic E-state index is 0.621. The summed E-state index contributed by atoms with van der Waals surface area (Å²) in [6, 6.07) is 3.47. The van der Waals surface area contributed by atoms with Crippen LogP contribution in [0.1, 0.15) is 44.9 Å². The molecule has 0 spiro atoms. The van der Waals surface area contributed by atoms with Crippen molar-refractivity contribution in [3.8, 4) is 0 Å². The second-order valence-electron chi connectivity index (χ2n) is 7.63. The summed E-state index contributed by atoms with van der Waals surface area (Å²) in [5.74, 6) is 2.83. The highest BCUT2D eigenvalue weighted by molar-refractivity contribution is 5.42. The van der Waals surface area contributed by atoms with E-state index >= 15 is 0 Å². The topological polar surface area (TPSA) is 35.5 Å². The molecule has 5 nitrogen and oxygen atoms in total. The first-order chi connectivity index (χ1) is 11.2. The van der Waals surface area contributed by atoms with Crippen LogP contribution in [0.5, 0.6) is 0 Å². The Bertz CT molecular complexity index is 528. The monoisotopic (exact) mass is 315 g/mol. The summed E-state index contributed by atoms with van der Waals surface area (Å²) < 4.78 is 0. The Balaban J connectivity index is 1.30. The van der Waals surface area contributed by atoms with Gasteiger partial charge in [-0.3, -0.25) is 9.80 Å². The Labute approximate surface area is 139 Å². The molecule has 0 amide bonds. The Morgan fingerprint density at radius 2 is 1.83 bits per heavy atom.